The van der Waals surface area contributed by atoms with Gasteiger partial charge in [0.1, 0.15) is 12.6 Å². The van der Waals surface area contributed by atoms with Gasteiger partial charge in [-0.15, -0.1) is 0 Å². The Morgan fingerprint density at radius 2 is 1.44 bits per heavy atom. The number of nitrogens with zero attached hydrogens (tertiary/aromatic N) is 2. The van der Waals surface area contributed by atoms with Gasteiger partial charge in [0, 0.05) is 24.0 Å². The molecule has 1 atom stereocenters. The monoisotopic (exact) mass is 689 g/mol. The summed E-state index contributed by atoms with van der Waals surface area (Å²) in [7, 11) is -4.14. The molecule has 0 bridgehead atoms. The van der Waals surface area contributed by atoms with Gasteiger partial charge in [-0.3, -0.25) is 13.9 Å². The highest BCUT2D eigenvalue weighted by molar-refractivity contribution is 9.10. The largest absolute Gasteiger partial charge is 0.354 e. The van der Waals surface area contributed by atoms with Gasteiger partial charge in [0.15, 0.2) is 0 Å². The van der Waals surface area contributed by atoms with Crippen molar-refractivity contribution in [2.75, 3.05) is 17.4 Å². The number of carbonyl (C=O) groups excluding carboxylic acids is 2. The zero-order valence-electron chi connectivity index (χ0n) is 25.9. The van der Waals surface area contributed by atoms with E-state index in [-0.39, 0.29) is 29.7 Å². The van der Waals surface area contributed by atoms with E-state index in [1.54, 1.807) is 30.3 Å². The summed E-state index contributed by atoms with van der Waals surface area (Å²) in [5, 5.41) is 3.02. The molecule has 0 aliphatic rings. The van der Waals surface area contributed by atoms with E-state index in [0.29, 0.717) is 18.7 Å². The Bertz CT molecular complexity index is 1680. The fourth-order valence-corrected chi connectivity index (χ4v) is 7.01. The molecule has 4 rings (SSSR count). The van der Waals surface area contributed by atoms with Gasteiger partial charge >= 0.3 is 0 Å². The van der Waals surface area contributed by atoms with E-state index in [0.717, 1.165) is 21.2 Å². The number of nitrogens with one attached hydrogen (secondary N) is 1. The molecule has 0 saturated carbocycles. The maximum atomic E-state index is 14.6. The molecule has 1 N–H and O–H groups in total. The van der Waals surface area contributed by atoms with Crippen molar-refractivity contribution in [2.24, 2.45) is 5.92 Å². The van der Waals surface area contributed by atoms with E-state index >= 15 is 0 Å². The van der Waals surface area contributed by atoms with E-state index in [4.69, 9.17) is 0 Å². The van der Waals surface area contributed by atoms with Crippen molar-refractivity contribution in [2.45, 2.75) is 51.1 Å². The summed E-state index contributed by atoms with van der Waals surface area (Å²) in [5.74, 6) is -0.569. The molecule has 0 radical (unpaired) electrons. The van der Waals surface area contributed by atoms with Crippen LogP contribution >= 0.6 is 15.9 Å². The maximum Gasteiger partial charge on any atom is 0.264 e. The number of para-hydroxylation sites is 1. The number of sulfonamides is 1. The minimum Gasteiger partial charge on any atom is -0.354 e. The molecule has 0 saturated heterocycles. The molecule has 0 heterocycles. The van der Waals surface area contributed by atoms with Gasteiger partial charge in [0.2, 0.25) is 11.8 Å². The van der Waals surface area contributed by atoms with Gasteiger partial charge in [-0.2, -0.15) is 0 Å². The van der Waals surface area contributed by atoms with Crippen LogP contribution in [0.2, 0.25) is 0 Å². The number of halogens is 1. The lowest BCUT2D eigenvalue weighted by Crippen LogP contribution is -2.53. The molecule has 0 aromatic heterocycles. The molecule has 2 amide bonds. The number of carbonyl (C=O) groups is 2. The van der Waals surface area contributed by atoms with Gasteiger partial charge in [-0.1, -0.05) is 116 Å². The van der Waals surface area contributed by atoms with Crippen LogP contribution in [0.3, 0.4) is 0 Å². The standard InChI is InChI=1S/C36H40BrN3O4S/c1-4-30-17-11-12-21-33(30)40(45(43,44)32-19-9-6-10-20-32)26-35(41)39(25-29-16-13-18-31(37)22-29)34(36(42)38-24-27(2)3)23-28-14-7-5-8-15-28/h5-22,27,34H,4,23-26H2,1-3H3,(H,38,42). The van der Waals surface area contributed by atoms with Gasteiger partial charge in [0.25, 0.3) is 10.0 Å². The van der Waals surface area contributed by atoms with Crippen molar-refractivity contribution >= 4 is 43.5 Å². The van der Waals surface area contributed by atoms with Crippen LogP contribution in [0.15, 0.2) is 119 Å². The molecule has 0 fully saturated rings. The zero-order chi connectivity index (χ0) is 32.4. The third-order valence-electron chi connectivity index (χ3n) is 7.45. The summed E-state index contributed by atoms with van der Waals surface area (Å²) >= 11 is 3.52. The molecule has 236 valence electrons. The Morgan fingerprint density at radius 1 is 0.822 bits per heavy atom. The summed E-state index contributed by atoms with van der Waals surface area (Å²) in [6.45, 7) is 6.04. The minimum absolute atomic E-state index is 0.0813. The van der Waals surface area contributed by atoms with Crippen LogP contribution in [-0.2, 0) is 39.0 Å². The normalized spacial score (nSPS) is 12.0. The first-order valence-electron chi connectivity index (χ1n) is 15.1. The van der Waals surface area contributed by atoms with Crippen LogP contribution in [0.25, 0.3) is 0 Å². The van der Waals surface area contributed by atoms with Crippen molar-refractivity contribution in [1.29, 1.82) is 0 Å². The first-order valence-corrected chi connectivity index (χ1v) is 17.3. The first kappa shape index (κ1) is 33.9. The van der Waals surface area contributed by atoms with E-state index in [9.17, 15) is 18.0 Å². The topological polar surface area (TPSA) is 86.8 Å². The zero-order valence-corrected chi connectivity index (χ0v) is 28.3. The lowest BCUT2D eigenvalue weighted by Gasteiger charge is -2.34. The maximum absolute atomic E-state index is 14.6. The minimum atomic E-state index is -4.14. The highest BCUT2D eigenvalue weighted by atomic mass is 79.9. The van der Waals surface area contributed by atoms with Crippen molar-refractivity contribution in [3.05, 3.63) is 130 Å². The Labute approximate surface area is 275 Å². The molecule has 7 nitrogen and oxygen atoms in total. The Kier molecular flexibility index (Phi) is 12.0. The summed E-state index contributed by atoms with van der Waals surface area (Å²) in [6, 6.07) is 31.5. The number of aryl methyl sites for hydroxylation is 1. The molecular weight excluding hydrogens is 650 g/mol. The Balaban J connectivity index is 1.82. The predicted octanol–water partition coefficient (Wildman–Crippen LogP) is 6.62. The van der Waals surface area contributed by atoms with Gasteiger partial charge in [0.05, 0.1) is 10.6 Å². The number of hydrogen-bond donors (Lipinski definition) is 1. The Morgan fingerprint density at radius 3 is 2.09 bits per heavy atom. The molecule has 4 aromatic carbocycles. The molecule has 9 heteroatoms. The second-order valence-electron chi connectivity index (χ2n) is 11.3. The summed E-state index contributed by atoms with van der Waals surface area (Å²) in [4.78, 5) is 30.1. The SMILES string of the molecule is CCc1ccccc1N(CC(=O)N(Cc1cccc(Br)c1)C(Cc1ccccc1)C(=O)NCC(C)C)S(=O)(=O)c1ccccc1. The summed E-state index contributed by atoms with van der Waals surface area (Å²) in [6.07, 6.45) is 0.836. The van der Waals surface area contributed by atoms with E-state index in [1.165, 1.54) is 21.3 Å². The van der Waals surface area contributed by atoms with Crippen LogP contribution in [0, 0.1) is 5.92 Å². The smallest absolute Gasteiger partial charge is 0.264 e. The highest BCUT2D eigenvalue weighted by Crippen LogP contribution is 2.28. The first-order chi connectivity index (χ1) is 21.6. The van der Waals surface area contributed by atoms with Crippen molar-refractivity contribution in [3.8, 4) is 0 Å². The number of benzene rings is 4. The molecule has 0 aliphatic heterocycles. The van der Waals surface area contributed by atoms with Crippen LogP contribution in [0.5, 0.6) is 0 Å². The third-order valence-corrected chi connectivity index (χ3v) is 9.72. The predicted molar refractivity (Wildman–Crippen MR) is 183 cm³/mol. The fraction of sp³-hybridized carbons (Fsp3) is 0.278. The molecule has 0 spiro atoms. The average Bonchev–Trinajstić information content (AvgIpc) is 3.04. The second-order valence-corrected chi connectivity index (χ2v) is 14.1. The number of rotatable bonds is 14. The van der Waals surface area contributed by atoms with Gasteiger partial charge < -0.3 is 10.2 Å². The summed E-state index contributed by atoms with van der Waals surface area (Å²) < 4.78 is 30.4. The fourth-order valence-electron chi connectivity index (χ4n) is 5.09. The van der Waals surface area contributed by atoms with Gasteiger partial charge in [-0.05, 0) is 59.4 Å². The molecular formula is C36H40BrN3O4S. The van der Waals surface area contributed by atoms with E-state index in [1.807, 2.05) is 87.5 Å². The van der Waals surface area contributed by atoms with Crippen LogP contribution in [0.1, 0.15) is 37.5 Å². The van der Waals surface area contributed by atoms with Gasteiger partial charge in [-0.25, -0.2) is 8.42 Å². The molecule has 0 aliphatic carbocycles. The van der Waals surface area contributed by atoms with Crippen molar-refractivity contribution in [3.63, 3.8) is 0 Å². The molecule has 4 aromatic rings. The lowest BCUT2D eigenvalue weighted by molar-refractivity contribution is -0.140. The van der Waals surface area contributed by atoms with Crippen molar-refractivity contribution in [1.82, 2.24) is 10.2 Å². The number of anilines is 1. The van der Waals surface area contributed by atoms with Crippen LogP contribution in [0.4, 0.5) is 5.69 Å². The number of hydrogen-bond acceptors (Lipinski definition) is 4. The van der Waals surface area contributed by atoms with E-state index in [2.05, 4.69) is 21.2 Å². The van der Waals surface area contributed by atoms with Crippen LogP contribution in [-0.4, -0.2) is 44.3 Å². The number of amides is 2. The van der Waals surface area contributed by atoms with Crippen LogP contribution < -0.4 is 9.62 Å². The second kappa shape index (κ2) is 15.9. The Hall–Kier alpha value is -3.95. The highest BCUT2D eigenvalue weighted by Gasteiger charge is 2.35. The summed E-state index contributed by atoms with van der Waals surface area (Å²) in [5.41, 5.74) is 2.92. The van der Waals surface area contributed by atoms with Crippen molar-refractivity contribution < 1.29 is 18.0 Å². The molecule has 1 unspecified atom stereocenters. The van der Waals surface area contributed by atoms with E-state index < -0.39 is 28.5 Å². The average molecular weight is 691 g/mol. The third kappa shape index (κ3) is 9.05. The lowest BCUT2D eigenvalue weighted by atomic mass is 10.0. The quantitative estimate of drug-likeness (QED) is 0.161. The molecule has 45 heavy (non-hydrogen) atoms.